The van der Waals surface area contributed by atoms with E-state index in [1.165, 1.54) is 12.1 Å². The van der Waals surface area contributed by atoms with E-state index in [4.69, 9.17) is 4.74 Å². The number of hydrogen-bond acceptors (Lipinski definition) is 5. The average molecular weight is 238 g/mol. The number of phenolic OH excluding ortho intramolecular Hbond substituents is 3. The molecule has 1 aromatic carbocycles. The predicted molar refractivity (Wildman–Crippen MR) is 61.0 cm³/mol. The molecule has 17 heavy (non-hydrogen) atoms. The molecule has 3 N–H and O–H groups in total. The van der Waals surface area contributed by atoms with E-state index in [9.17, 15) is 20.1 Å². The second kappa shape index (κ2) is 5.25. The Morgan fingerprint density at radius 1 is 1.41 bits per heavy atom. The van der Waals surface area contributed by atoms with Gasteiger partial charge in [-0.2, -0.15) is 0 Å². The first kappa shape index (κ1) is 12.9. The van der Waals surface area contributed by atoms with Crippen LogP contribution in [0.25, 0.3) is 0 Å². The van der Waals surface area contributed by atoms with Crippen LogP contribution in [0.3, 0.4) is 0 Å². The summed E-state index contributed by atoms with van der Waals surface area (Å²) in [5, 5.41) is 27.8. The minimum absolute atomic E-state index is 0.0918. The summed E-state index contributed by atoms with van der Waals surface area (Å²) in [6, 6.07) is 2.61. The highest BCUT2D eigenvalue weighted by molar-refractivity contribution is 5.81. The molecule has 0 fully saturated rings. The second-order valence-corrected chi connectivity index (χ2v) is 3.64. The Morgan fingerprint density at radius 3 is 2.41 bits per heavy atom. The van der Waals surface area contributed by atoms with E-state index in [0.717, 1.165) is 6.08 Å². The molecule has 0 aliphatic carbocycles. The van der Waals surface area contributed by atoms with Crippen LogP contribution in [0.5, 0.6) is 17.2 Å². The van der Waals surface area contributed by atoms with Crippen LogP contribution in [-0.4, -0.2) is 27.9 Å². The van der Waals surface area contributed by atoms with Gasteiger partial charge in [-0.1, -0.05) is 13.5 Å². The zero-order chi connectivity index (χ0) is 13.0. The molecule has 0 heterocycles. The predicted octanol–water partition coefficient (Wildman–Crippen LogP) is 1.64. The third-order valence-corrected chi connectivity index (χ3v) is 2.30. The van der Waals surface area contributed by atoms with E-state index < -0.39 is 23.2 Å². The Hall–Kier alpha value is -2.17. The second-order valence-electron chi connectivity index (χ2n) is 3.64. The summed E-state index contributed by atoms with van der Waals surface area (Å²) >= 11 is 0. The summed E-state index contributed by atoms with van der Waals surface area (Å²) in [4.78, 5) is 10.9. The fourth-order valence-electron chi connectivity index (χ4n) is 1.27. The summed E-state index contributed by atoms with van der Waals surface area (Å²) in [5.41, 5.74) is 0.551. The quantitative estimate of drug-likeness (QED) is 0.421. The zero-order valence-electron chi connectivity index (χ0n) is 9.38. The molecule has 0 amide bonds. The molecule has 0 saturated heterocycles. The largest absolute Gasteiger partial charge is 0.504 e. The third-order valence-electron chi connectivity index (χ3n) is 2.30. The Labute approximate surface area is 98.6 Å². The van der Waals surface area contributed by atoms with Gasteiger partial charge in [0.1, 0.15) is 0 Å². The first-order valence-electron chi connectivity index (χ1n) is 4.99. The maximum Gasteiger partial charge on any atom is 0.330 e. The lowest BCUT2D eigenvalue weighted by molar-refractivity contribution is -0.138. The first-order valence-corrected chi connectivity index (χ1v) is 4.99. The van der Waals surface area contributed by atoms with E-state index in [1.807, 2.05) is 0 Å². The number of carbonyl (C=O) groups is 1. The highest BCUT2D eigenvalue weighted by Crippen LogP contribution is 2.37. The fraction of sp³-hybridized carbons (Fsp3) is 0.250. The molecule has 5 nitrogen and oxygen atoms in total. The molecular formula is C12H14O5. The summed E-state index contributed by atoms with van der Waals surface area (Å²) in [7, 11) is 0. The normalized spacial score (nSPS) is 11.8. The number of aromatic hydroxyl groups is 3. The lowest BCUT2D eigenvalue weighted by Crippen LogP contribution is -2.08. The van der Waals surface area contributed by atoms with Crippen LogP contribution in [0, 0.1) is 0 Å². The number of phenols is 3. The van der Waals surface area contributed by atoms with Gasteiger partial charge >= 0.3 is 5.97 Å². The Morgan fingerprint density at radius 2 is 1.94 bits per heavy atom. The van der Waals surface area contributed by atoms with Crippen LogP contribution in [0.4, 0.5) is 0 Å². The van der Waals surface area contributed by atoms with Crippen LogP contribution in [-0.2, 0) is 9.53 Å². The molecule has 0 bridgehead atoms. The zero-order valence-corrected chi connectivity index (χ0v) is 9.38. The summed E-state index contributed by atoms with van der Waals surface area (Å²) in [5.74, 6) is -2.16. The van der Waals surface area contributed by atoms with Gasteiger partial charge in [0.05, 0.1) is 6.61 Å². The average Bonchev–Trinajstić information content (AvgIpc) is 2.31. The van der Waals surface area contributed by atoms with Crippen molar-refractivity contribution in [2.45, 2.75) is 12.8 Å². The van der Waals surface area contributed by atoms with Gasteiger partial charge in [0, 0.05) is 12.0 Å². The molecule has 92 valence electrons. The number of carbonyl (C=O) groups excluding carboxylic acids is 1. The molecule has 0 saturated carbocycles. The lowest BCUT2D eigenvalue weighted by Gasteiger charge is -2.13. The standard InChI is InChI=1S/C12H14O5/c1-3-11(15)17-6-7(2)8-4-9(13)12(16)10(14)5-8/h3-5,7,13-14,16H,1,6H2,2H3. The fourth-order valence-corrected chi connectivity index (χ4v) is 1.27. The van der Waals surface area contributed by atoms with Crippen molar-refractivity contribution in [1.82, 2.24) is 0 Å². The van der Waals surface area contributed by atoms with E-state index in [1.54, 1.807) is 6.92 Å². The molecule has 5 heteroatoms. The number of hydrogen-bond donors (Lipinski definition) is 3. The number of benzene rings is 1. The van der Waals surface area contributed by atoms with Crippen LogP contribution in [0.15, 0.2) is 24.8 Å². The van der Waals surface area contributed by atoms with Crippen LogP contribution < -0.4 is 0 Å². The summed E-state index contributed by atoms with van der Waals surface area (Å²) < 4.78 is 4.83. The molecule has 0 aliphatic heterocycles. The highest BCUT2D eigenvalue weighted by Gasteiger charge is 2.13. The van der Waals surface area contributed by atoms with E-state index in [0.29, 0.717) is 5.56 Å². The smallest absolute Gasteiger partial charge is 0.330 e. The van der Waals surface area contributed by atoms with Gasteiger partial charge in [0.15, 0.2) is 17.2 Å². The Bertz CT molecular complexity index is 416. The maximum absolute atomic E-state index is 10.9. The molecule has 0 radical (unpaired) electrons. The van der Waals surface area contributed by atoms with Crippen LogP contribution in [0.1, 0.15) is 18.4 Å². The molecule has 0 aromatic heterocycles. The number of rotatable bonds is 4. The molecule has 0 spiro atoms. The van der Waals surface area contributed by atoms with Crippen LogP contribution >= 0.6 is 0 Å². The topological polar surface area (TPSA) is 87.0 Å². The van der Waals surface area contributed by atoms with Crippen molar-refractivity contribution >= 4 is 5.97 Å². The first-order chi connectivity index (χ1) is 7.95. The highest BCUT2D eigenvalue weighted by atomic mass is 16.5. The van der Waals surface area contributed by atoms with Gasteiger partial charge in [0.2, 0.25) is 0 Å². The molecule has 1 atom stereocenters. The SMILES string of the molecule is C=CC(=O)OCC(C)c1cc(O)c(O)c(O)c1. The van der Waals surface area contributed by atoms with Gasteiger partial charge in [-0.05, 0) is 17.7 Å². The lowest BCUT2D eigenvalue weighted by atomic mass is 10.0. The molecule has 0 aliphatic rings. The van der Waals surface area contributed by atoms with Crippen molar-refractivity contribution in [3.63, 3.8) is 0 Å². The van der Waals surface area contributed by atoms with Gasteiger partial charge < -0.3 is 20.1 Å². The van der Waals surface area contributed by atoms with Gasteiger partial charge in [-0.15, -0.1) is 0 Å². The van der Waals surface area contributed by atoms with E-state index >= 15 is 0 Å². The van der Waals surface area contributed by atoms with Crippen LogP contribution in [0.2, 0.25) is 0 Å². The van der Waals surface area contributed by atoms with Gasteiger partial charge in [0.25, 0.3) is 0 Å². The molecule has 1 rings (SSSR count). The summed E-state index contributed by atoms with van der Waals surface area (Å²) in [6.07, 6.45) is 1.05. The van der Waals surface area contributed by atoms with Crippen molar-refractivity contribution in [1.29, 1.82) is 0 Å². The third kappa shape index (κ3) is 3.14. The number of esters is 1. The maximum atomic E-state index is 10.9. The minimum atomic E-state index is -0.566. The van der Waals surface area contributed by atoms with Gasteiger partial charge in [-0.25, -0.2) is 4.79 Å². The Kier molecular flexibility index (Phi) is 3.98. The van der Waals surface area contributed by atoms with Crippen molar-refractivity contribution < 1.29 is 24.9 Å². The summed E-state index contributed by atoms with van der Waals surface area (Å²) in [6.45, 7) is 5.11. The molecule has 1 unspecified atom stereocenters. The van der Waals surface area contributed by atoms with E-state index in [2.05, 4.69) is 6.58 Å². The number of ether oxygens (including phenoxy) is 1. The molecular weight excluding hydrogens is 224 g/mol. The van der Waals surface area contributed by atoms with Crippen molar-refractivity contribution in [3.8, 4) is 17.2 Å². The van der Waals surface area contributed by atoms with E-state index in [-0.39, 0.29) is 12.5 Å². The van der Waals surface area contributed by atoms with Crippen molar-refractivity contribution in [2.24, 2.45) is 0 Å². The van der Waals surface area contributed by atoms with Crippen molar-refractivity contribution in [3.05, 3.63) is 30.4 Å². The minimum Gasteiger partial charge on any atom is -0.504 e. The molecule has 1 aromatic rings. The monoisotopic (exact) mass is 238 g/mol. The Balaban J connectivity index is 2.79. The van der Waals surface area contributed by atoms with Crippen molar-refractivity contribution in [2.75, 3.05) is 6.61 Å². The van der Waals surface area contributed by atoms with Gasteiger partial charge in [-0.3, -0.25) is 0 Å².